The van der Waals surface area contributed by atoms with Gasteiger partial charge in [0.2, 0.25) is 0 Å². The minimum Gasteiger partial charge on any atom is -0.493 e. The smallest absolute Gasteiger partial charge is 0.333 e. The fourth-order valence-electron chi connectivity index (χ4n) is 4.18. The van der Waals surface area contributed by atoms with E-state index in [0.717, 1.165) is 16.7 Å². The van der Waals surface area contributed by atoms with Crippen molar-refractivity contribution in [3.63, 3.8) is 0 Å². The summed E-state index contributed by atoms with van der Waals surface area (Å²) in [5, 5.41) is 0. The Hall–Kier alpha value is -3.81. The van der Waals surface area contributed by atoms with Gasteiger partial charge in [0.1, 0.15) is 0 Å². The molecule has 0 aliphatic rings. The number of aryl methyl sites for hydroxylation is 1. The quantitative estimate of drug-likeness (QED) is 0.401. The molecule has 4 rings (SSSR count). The topological polar surface area (TPSA) is 80.3 Å². The summed E-state index contributed by atoms with van der Waals surface area (Å²) in [4.78, 5) is 31.8. The second-order valence-electron chi connectivity index (χ2n) is 8.84. The first-order valence-corrected chi connectivity index (χ1v) is 11.3. The number of fused-ring (bicyclic) bond motifs is 1. The molecule has 0 saturated heterocycles. The summed E-state index contributed by atoms with van der Waals surface area (Å²) < 4.78 is 15.5. The molecule has 2 aromatic heterocycles. The van der Waals surface area contributed by atoms with Gasteiger partial charge in [-0.25, -0.2) is 9.78 Å². The van der Waals surface area contributed by atoms with Crippen molar-refractivity contribution in [2.24, 2.45) is 5.92 Å². The summed E-state index contributed by atoms with van der Waals surface area (Å²) in [5.41, 5.74) is 2.74. The number of nitrogens with zero attached hydrogens (tertiary/aromatic N) is 4. The maximum atomic E-state index is 13.7. The third-order valence-corrected chi connectivity index (χ3v) is 5.90. The average Bonchev–Trinajstić information content (AvgIpc) is 3.23. The van der Waals surface area contributed by atoms with Crippen LogP contribution in [0.5, 0.6) is 11.5 Å². The minimum atomic E-state index is -0.398. The summed E-state index contributed by atoms with van der Waals surface area (Å²) in [7, 11) is 3.14. The highest BCUT2D eigenvalue weighted by Gasteiger charge is 2.20. The van der Waals surface area contributed by atoms with E-state index in [1.807, 2.05) is 54.0 Å². The lowest BCUT2D eigenvalue weighted by Gasteiger charge is -2.16. The lowest BCUT2D eigenvalue weighted by atomic mass is 10.1. The molecule has 0 bridgehead atoms. The van der Waals surface area contributed by atoms with Gasteiger partial charge in [0.25, 0.3) is 5.56 Å². The molecule has 178 valence electrons. The van der Waals surface area contributed by atoms with Gasteiger partial charge in [0.05, 0.1) is 33.6 Å². The van der Waals surface area contributed by atoms with E-state index < -0.39 is 5.69 Å². The van der Waals surface area contributed by atoms with Crippen LogP contribution in [-0.2, 0) is 19.6 Å². The molecule has 0 radical (unpaired) electrons. The van der Waals surface area contributed by atoms with Gasteiger partial charge in [-0.1, -0.05) is 44.2 Å². The highest BCUT2D eigenvalue weighted by Crippen LogP contribution is 2.30. The number of methoxy groups -OCH3 is 2. The summed E-state index contributed by atoms with van der Waals surface area (Å²) in [5.74, 6) is 1.46. The molecule has 0 N–H and O–H groups in total. The van der Waals surface area contributed by atoms with Crippen molar-refractivity contribution in [3.05, 3.63) is 86.3 Å². The van der Waals surface area contributed by atoms with Crippen LogP contribution in [0.3, 0.4) is 0 Å². The molecular weight excluding hydrogens is 432 g/mol. The van der Waals surface area contributed by atoms with Crippen molar-refractivity contribution in [2.75, 3.05) is 14.2 Å². The van der Waals surface area contributed by atoms with Crippen LogP contribution in [0, 0.1) is 12.8 Å². The summed E-state index contributed by atoms with van der Waals surface area (Å²) in [6.45, 7) is 7.15. The van der Waals surface area contributed by atoms with E-state index in [1.165, 1.54) is 4.57 Å². The number of rotatable bonds is 8. The highest BCUT2D eigenvalue weighted by molar-refractivity contribution is 5.70. The molecule has 34 heavy (non-hydrogen) atoms. The van der Waals surface area contributed by atoms with E-state index >= 15 is 0 Å². The van der Waals surface area contributed by atoms with Crippen molar-refractivity contribution in [1.29, 1.82) is 0 Å². The molecule has 0 saturated carbocycles. The molecular formula is C26H30N4O4. The number of aromatic nitrogens is 4. The standard InChI is InChI=1S/C26H30N4O4/c1-17(2)13-28-16-27-24-23(28)25(31)30(26(32)29(24)14-19-9-7-6-8-10-19)15-20-12-22(34-5)21(33-4)11-18(20)3/h6-12,16-17H,13-15H2,1-5H3. The first-order valence-electron chi connectivity index (χ1n) is 11.3. The summed E-state index contributed by atoms with van der Waals surface area (Å²) >= 11 is 0. The van der Waals surface area contributed by atoms with E-state index in [4.69, 9.17) is 9.47 Å². The third-order valence-electron chi connectivity index (χ3n) is 5.90. The van der Waals surface area contributed by atoms with Gasteiger partial charge in [-0.05, 0) is 41.7 Å². The van der Waals surface area contributed by atoms with E-state index in [1.54, 1.807) is 25.1 Å². The SMILES string of the molecule is COc1cc(C)c(Cn2c(=O)c3c(ncn3CC(C)C)n(Cc3ccccc3)c2=O)cc1OC. The van der Waals surface area contributed by atoms with Crippen LogP contribution < -0.4 is 20.7 Å². The molecule has 8 heteroatoms. The summed E-state index contributed by atoms with van der Waals surface area (Å²) in [6, 6.07) is 13.4. The molecule has 0 spiro atoms. The second-order valence-corrected chi connectivity index (χ2v) is 8.84. The van der Waals surface area contributed by atoms with Gasteiger partial charge in [0, 0.05) is 6.54 Å². The Morgan fingerprint density at radius 3 is 2.26 bits per heavy atom. The van der Waals surface area contributed by atoms with Gasteiger partial charge in [-0.3, -0.25) is 13.9 Å². The number of imidazole rings is 1. The van der Waals surface area contributed by atoms with Crippen LogP contribution in [0.25, 0.3) is 11.2 Å². The van der Waals surface area contributed by atoms with Crippen molar-refractivity contribution < 1.29 is 9.47 Å². The van der Waals surface area contributed by atoms with Crippen LogP contribution in [0.1, 0.15) is 30.5 Å². The zero-order chi connectivity index (χ0) is 24.4. The fraction of sp³-hybridized carbons (Fsp3) is 0.346. The molecule has 0 unspecified atom stereocenters. The molecule has 0 aliphatic carbocycles. The van der Waals surface area contributed by atoms with E-state index in [0.29, 0.717) is 41.7 Å². The molecule has 0 fully saturated rings. The van der Waals surface area contributed by atoms with Crippen molar-refractivity contribution >= 4 is 11.2 Å². The monoisotopic (exact) mass is 462 g/mol. The van der Waals surface area contributed by atoms with Gasteiger partial charge in [-0.15, -0.1) is 0 Å². The largest absolute Gasteiger partial charge is 0.493 e. The zero-order valence-corrected chi connectivity index (χ0v) is 20.2. The van der Waals surface area contributed by atoms with E-state index in [-0.39, 0.29) is 12.1 Å². The van der Waals surface area contributed by atoms with Gasteiger partial charge >= 0.3 is 5.69 Å². The normalized spacial score (nSPS) is 11.4. The van der Waals surface area contributed by atoms with E-state index in [2.05, 4.69) is 18.8 Å². The van der Waals surface area contributed by atoms with E-state index in [9.17, 15) is 9.59 Å². The molecule has 0 amide bonds. The zero-order valence-electron chi connectivity index (χ0n) is 20.2. The Kier molecular flexibility index (Phi) is 6.58. The first kappa shape index (κ1) is 23.4. The highest BCUT2D eigenvalue weighted by atomic mass is 16.5. The van der Waals surface area contributed by atoms with Crippen LogP contribution >= 0.6 is 0 Å². The lowest BCUT2D eigenvalue weighted by Crippen LogP contribution is -2.41. The van der Waals surface area contributed by atoms with Crippen LogP contribution in [-0.4, -0.2) is 32.9 Å². The first-order chi connectivity index (χ1) is 16.3. The molecule has 8 nitrogen and oxygen atoms in total. The van der Waals surface area contributed by atoms with Gasteiger partial charge < -0.3 is 14.0 Å². The fourth-order valence-corrected chi connectivity index (χ4v) is 4.18. The molecule has 4 aromatic rings. The van der Waals surface area contributed by atoms with Crippen LogP contribution in [0.2, 0.25) is 0 Å². The van der Waals surface area contributed by atoms with Crippen LogP contribution in [0.4, 0.5) is 0 Å². The second kappa shape index (κ2) is 9.59. The van der Waals surface area contributed by atoms with Crippen molar-refractivity contribution in [3.8, 4) is 11.5 Å². The number of ether oxygens (including phenoxy) is 2. The number of hydrogen-bond donors (Lipinski definition) is 0. The summed E-state index contributed by atoms with van der Waals surface area (Å²) in [6.07, 6.45) is 1.65. The lowest BCUT2D eigenvalue weighted by molar-refractivity contribution is 0.354. The van der Waals surface area contributed by atoms with Crippen molar-refractivity contribution in [1.82, 2.24) is 18.7 Å². The Labute approximate surface area is 198 Å². The number of hydrogen-bond acceptors (Lipinski definition) is 5. The molecule has 2 aromatic carbocycles. The molecule has 0 aliphatic heterocycles. The van der Waals surface area contributed by atoms with Gasteiger partial charge in [-0.2, -0.15) is 0 Å². The Morgan fingerprint density at radius 2 is 1.62 bits per heavy atom. The maximum absolute atomic E-state index is 13.7. The number of benzene rings is 2. The van der Waals surface area contributed by atoms with Crippen LogP contribution in [0.15, 0.2) is 58.4 Å². The Balaban J connectivity index is 1.93. The predicted octanol–water partition coefficient (Wildman–Crippen LogP) is 3.44. The maximum Gasteiger partial charge on any atom is 0.333 e. The third kappa shape index (κ3) is 4.35. The minimum absolute atomic E-state index is 0.113. The van der Waals surface area contributed by atoms with Crippen molar-refractivity contribution in [2.45, 2.75) is 40.4 Å². The predicted molar refractivity (Wildman–Crippen MR) is 132 cm³/mol. The van der Waals surface area contributed by atoms with Gasteiger partial charge in [0.15, 0.2) is 22.7 Å². The molecule has 2 heterocycles. The molecule has 0 atom stereocenters. The Bertz CT molecular complexity index is 1430. The average molecular weight is 463 g/mol. The Morgan fingerprint density at radius 1 is 0.941 bits per heavy atom.